The maximum Gasteiger partial charge on any atom is 0.261 e. The van der Waals surface area contributed by atoms with Crippen LogP contribution in [0.2, 0.25) is 5.15 Å². The van der Waals surface area contributed by atoms with Gasteiger partial charge in [-0.25, -0.2) is 9.50 Å². The molecule has 4 rings (SSSR count). The predicted octanol–water partition coefficient (Wildman–Crippen LogP) is 2.22. The van der Waals surface area contributed by atoms with Crippen LogP contribution < -0.4 is 0 Å². The van der Waals surface area contributed by atoms with Crippen molar-refractivity contribution >= 4 is 29.1 Å². The zero-order valence-corrected chi connectivity index (χ0v) is 12.7. The Balaban J connectivity index is 1.55. The van der Waals surface area contributed by atoms with Crippen molar-refractivity contribution in [1.29, 1.82) is 0 Å². The molecule has 0 saturated heterocycles. The monoisotopic (exact) mass is 326 g/mol. The van der Waals surface area contributed by atoms with E-state index in [1.54, 1.807) is 47.1 Å². The second kappa shape index (κ2) is 5.17. The Bertz CT molecular complexity index is 915. The Morgan fingerprint density at radius 1 is 1.00 bits per heavy atom. The number of carbonyl (C=O) groups excluding carboxylic acids is 2. The Hall–Kier alpha value is -2.73. The number of nitrogens with zero attached hydrogens (tertiary/aromatic N) is 4. The van der Waals surface area contributed by atoms with Crippen molar-refractivity contribution < 1.29 is 9.59 Å². The van der Waals surface area contributed by atoms with E-state index in [4.69, 9.17) is 11.6 Å². The van der Waals surface area contributed by atoms with Crippen molar-refractivity contribution in [3.05, 3.63) is 64.6 Å². The van der Waals surface area contributed by atoms with Gasteiger partial charge in [-0.3, -0.25) is 14.5 Å². The summed E-state index contributed by atoms with van der Waals surface area (Å²) in [7, 11) is 0. The van der Waals surface area contributed by atoms with Gasteiger partial charge in [0.1, 0.15) is 5.15 Å². The maximum absolute atomic E-state index is 12.3. The van der Waals surface area contributed by atoms with Gasteiger partial charge in [-0.1, -0.05) is 23.7 Å². The Morgan fingerprint density at radius 2 is 1.70 bits per heavy atom. The quantitative estimate of drug-likeness (QED) is 0.692. The van der Waals surface area contributed by atoms with Gasteiger partial charge in [0.15, 0.2) is 5.65 Å². The zero-order chi connectivity index (χ0) is 16.0. The second-order valence-electron chi connectivity index (χ2n) is 5.25. The fourth-order valence-corrected chi connectivity index (χ4v) is 2.84. The fourth-order valence-electron chi connectivity index (χ4n) is 2.70. The molecule has 0 radical (unpaired) electrons. The average molecular weight is 327 g/mol. The molecule has 1 aromatic carbocycles. The minimum absolute atomic E-state index is 0.254. The summed E-state index contributed by atoms with van der Waals surface area (Å²) in [5.74, 6) is -0.508. The van der Waals surface area contributed by atoms with Gasteiger partial charge in [-0.2, -0.15) is 5.10 Å². The predicted molar refractivity (Wildman–Crippen MR) is 83.5 cm³/mol. The normalized spacial score (nSPS) is 13.9. The first-order valence-electron chi connectivity index (χ1n) is 7.09. The third-order valence-corrected chi connectivity index (χ3v) is 4.01. The summed E-state index contributed by atoms with van der Waals surface area (Å²) in [6.07, 6.45) is 2.21. The highest BCUT2D eigenvalue weighted by atomic mass is 35.5. The van der Waals surface area contributed by atoms with Gasteiger partial charge in [-0.05, 0) is 24.3 Å². The molecule has 1 aliphatic heterocycles. The van der Waals surface area contributed by atoms with Crippen LogP contribution in [-0.4, -0.2) is 37.9 Å². The van der Waals surface area contributed by atoms with Crippen LogP contribution in [0.1, 0.15) is 26.4 Å². The molecule has 0 unspecified atom stereocenters. The lowest BCUT2D eigenvalue weighted by Gasteiger charge is -2.12. The highest BCUT2D eigenvalue weighted by molar-refractivity contribution is 6.29. The SMILES string of the molecule is O=C1c2ccccc2C(=O)N1CCc1cn2nc(Cl)ccc2n1. The van der Waals surface area contributed by atoms with Gasteiger partial charge < -0.3 is 0 Å². The highest BCUT2D eigenvalue weighted by Gasteiger charge is 2.34. The minimum Gasteiger partial charge on any atom is -0.274 e. The summed E-state index contributed by atoms with van der Waals surface area (Å²) >= 11 is 5.84. The molecule has 3 aromatic rings. The first kappa shape index (κ1) is 13.9. The number of rotatable bonds is 3. The van der Waals surface area contributed by atoms with E-state index in [1.807, 2.05) is 0 Å². The lowest BCUT2D eigenvalue weighted by molar-refractivity contribution is 0.0656. The van der Waals surface area contributed by atoms with E-state index in [0.29, 0.717) is 28.3 Å². The number of fused-ring (bicyclic) bond motifs is 2. The number of halogens is 1. The Labute approximate surface area is 136 Å². The highest BCUT2D eigenvalue weighted by Crippen LogP contribution is 2.22. The van der Waals surface area contributed by atoms with Crippen molar-refractivity contribution in [2.24, 2.45) is 0 Å². The summed E-state index contributed by atoms with van der Waals surface area (Å²) in [6.45, 7) is 0.282. The second-order valence-corrected chi connectivity index (χ2v) is 5.64. The molecule has 0 bridgehead atoms. The smallest absolute Gasteiger partial charge is 0.261 e. The number of imidazole rings is 1. The van der Waals surface area contributed by atoms with Crippen molar-refractivity contribution in [3.63, 3.8) is 0 Å². The minimum atomic E-state index is -0.254. The lowest BCUT2D eigenvalue weighted by atomic mass is 10.1. The molecule has 6 nitrogen and oxygen atoms in total. The molecule has 0 fully saturated rings. The summed E-state index contributed by atoms with van der Waals surface area (Å²) < 4.78 is 1.58. The third kappa shape index (κ3) is 2.27. The lowest BCUT2D eigenvalue weighted by Crippen LogP contribution is -2.31. The van der Waals surface area contributed by atoms with E-state index < -0.39 is 0 Å². The molecular formula is C16H11ClN4O2. The van der Waals surface area contributed by atoms with Crippen LogP contribution >= 0.6 is 11.6 Å². The number of carbonyl (C=O) groups is 2. The third-order valence-electron chi connectivity index (χ3n) is 3.81. The van der Waals surface area contributed by atoms with Gasteiger partial charge in [-0.15, -0.1) is 0 Å². The Morgan fingerprint density at radius 3 is 2.39 bits per heavy atom. The first-order chi connectivity index (χ1) is 11.1. The van der Waals surface area contributed by atoms with Crippen LogP contribution in [0.15, 0.2) is 42.6 Å². The molecule has 7 heteroatoms. The van der Waals surface area contributed by atoms with E-state index >= 15 is 0 Å². The van der Waals surface area contributed by atoms with Crippen molar-refractivity contribution in [3.8, 4) is 0 Å². The van der Waals surface area contributed by atoms with Gasteiger partial charge in [0, 0.05) is 13.0 Å². The van der Waals surface area contributed by atoms with Crippen LogP contribution in [0.3, 0.4) is 0 Å². The summed E-state index contributed by atoms with van der Waals surface area (Å²) in [6, 6.07) is 10.3. The van der Waals surface area contributed by atoms with Crippen LogP contribution in [0, 0.1) is 0 Å². The van der Waals surface area contributed by atoms with Gasteiger partial charge >= 0.3 is 0 Å². The van der Waals surface area contributed by atoms with Crippen molar-refractivity contribution in [2.75, 3.05) is 6.54 Å². The van der Waals surface area contributed by atoms with E-state index in [2.05, 4.69) is 10.1 Å². The molecule has 2 aromatic heterocycles. The van der Waals surface area contributed by atoms with Gasteiger partial charge in [0.2, 0.25) is 0 Å². The van der Waals surface area contributed by atoms with E-state index in [-0.39, 0.29) is 18.4 Å². The molecule has 2 amide bonds. The van der Waals surface area contributed by atoms with Crippen molar-refractivity contribution in [2.45, 2.75) is 6.42 Å². The zero-order valence-electron chi connectivity index (χ0n) is 11.9. The number of aromatic nitrogens is 3. The van der Waals surface area contributed by atoms with Gasteiger partial charge in [0.25, 0.3) is 11.8 Å². The molecule has 3 heterocycles. The summed E-state index contributed by atoms with van der Waals surface area (Å²) in [5.41, 5.74) is 2.34. The number of amides is 2. The standard InChI is InChI=1S/C16H11ClN4O2/c17-13-5-6-14-18-10(9-21(14)19-13)7-8-20-15(22)11-3-1-2-4-12(11)16(20)23/h1-6,9H,7-8H2. The van der Waals surface area contributed by atoms with Crippen LogP contribution in [-0.2, 0) is 6.42 Å². The van der Waals surface area contributed by atoms with Crippen LogP contribution in [0.4, 0.5) is 0 Å². The summed E-state index contributed by atoms with van der Waals surface area (Å²) in [5, 5.41) is 4.49. The molecule has 0 aliphatic carbocycles. The molecule has 1 aliphatic rings. The molecule has 0 spiro atoms. The molecule has 23 heavy (non-hydrogen) atoms. The summed E-state index contributed by atoms with van der Waals surface area (Å²) in [4.78, 5) is 30.3. The molecular weight excluding hydrogens is 316 g/mol. The van der Waals surface area contributed by atoms with E-state index in [1.165, 1.54) is 4.90 Å². The molecule has 114 valence electrons. The number of hydrogen-bond donors (Lipinski definition) is 0. The first-order valence-corrected chi connectivity index (χ1v) is 7.47. The van der Waals surface area contributed by atoms with Crippen molar-refractivity contribution in [1.82, 2.24) is 19.5 Å². The molecule has 0 saturated carbocycles. The molecule has 0 atom stereocenters. The van der Waals surface area contributed by atoms with Crippen LogP contribution in [0.25, 0.3) is 5.65 Å². The van der Waals surface area contributed by atoms with Gasteiger partial charge in [0.05, 0.1) is 23.0 Å². The fraction of sp³-hybridized carbons (Fsp3) is 0.125. The number of hydrogen-bond acceptors (Lipinski definition) is 4. The topological polar surface area (TPSA) is 67.6 Å². The average Bonchev–Trinajstić information content (AvgIpc) is 3.06. The largest absolute Gasteiger partial charge is 0.274 e. The number of benzene rings is 1. The number of imide groups is 1. The van der Waals surface area contributed by atoms with E-state index in [0.717, 1.165) is 5.69 Å². The van der Waals surface area contributed by atoms with E-state index in [9.17, 15) is 9.59 Å². The maximum atomic E-state index is 12.3. The Kier molecular flexibility index (Phi) is 3.12. The van der Waals surface area contributed by atoms with Crippen LogP contribution in [0.5, 0.6) is 0 Å². The molecule has 0 N–H and O–H groups in total.